The molecule has 0 aliphatic rings. The number of nitrogens with one attached hydrogen (secondary N) is 2. The number of hydrogen-bond acceptors (Lipinski definition) is 4. The van der Waals surface area contributed by atoms with E-state index in [1.165, 1.54) is 0 Å². The van der Waals surface area contributed by atoms with Crippen molar-refractivity contribution in [1.82, 2.24) is 9.97 Å². The fourth-order valence-electron chi connectivity index (χ4n) is 1.73. The molecule has 0 unspecified atom stereocenters. The second-order valence-corrected chi connectivity index (χ2v) is 5.05. The van der Waals surface area contributed by atoms with Crippen LogP contribution < -0.4 is 10.6 Å². The lowest BCUT2D eigenvalue weighted by Crippen LogP contribution is -2.03. The van der Waals surface area contributed by atoms with Crippen molar-refractivity contribution in [2.45, 2.75) is 20.3 Å². The second-order valence-electron chi connectivity index (χ2n) is 4.20. The Labute approximate surface area is 121 Å². The lowest BCUT2D eigenvalue weighted by Gasteiger charge is -2.12. The number of aryl methyl sites for hydroxylation is 1. The molecule has 0 bridgehead atoms. The topological polar surface area (TPSA) is 49.8 Å². The third-order valence-electron chi connectivity index (χ3n) is 2.88. The summed E-state index contributed by atoms with van der Waals surface area (Å²) in [5.41, 5.74) is 2.20. The molecule has 0 amide bonds. The first-order valence-corrected chi connectivity index (χ1v) is 7.01. The van der Waals surface area contributed by atoms with E-state index in [9.17, 15) is 0 Å². The Morgan fingerprint density at radius 3 is 2.63 bits per heavy atom. The maximum Gasteiger partial charge on any atom is 0.136 e. The van der Waals surface area contributed by atoms with Crippen molar-refractivity contribution in [2.24, 2.45) is 0 Å². The van der Waals surface area contributed by atoms with Crippen LogP contribution in [0.25, 0.3) is 0 Å². The van der Waals surface area contributed by atoms with Gasteiger partial charge in [-0.25, -0.2) is 9.97 Å². The summed E-state index contributed by atoms with van der Waals surface area (Å²) in [6.45, 7) is 4.11. The molecule has 1 aromatic heterocycles. The van der Waals surface area contributed by atoms with Gasteiger partial charge < -0.3 is 10.6 Å². The smallest absolute Gasteiger partial charge is 0.136 e. The van der Waals surface area contributed by atoms with Gasteiger partial charge in [0.25, 0.3) is 0 Å². The quantitative estimate of drug-likeness (QED) is 0.897. The molecule has 2 rings (SSSR count). The van der Waals surface area contributed by atoms with Crippen LogP contribution >= 0.6 is 15.9 Å². The van der Waals surface area contributed by atoms with Gasteiger partial charge in [-0.05, 0) is 24.6 Å². The van der Waals surface area contributed by atoms with Gasteiger partial charge in [0, 0.05) is 29.7 Å². The zero-order chi connectivity index (χ0) is 13.8. The van der Waals surface area contributed by atoms with Crippen molar-refractivity contribution in [1.29, 1.82) is 0 Å². The molecule has 2 aromatic rings. The van der Waals surface area contributed by atoms with E-state index in [1.54, 1.807) is 0 Å². The Hall–Kier alpha value is -1.62. The van der Waals surface area contributed by atoms with Crippen LogP contribution in [0.2, 0.25) is 0 Å². The van der Waals surface area contributed by atoms with Crippen LogP contribution in [0.4, 0.5) is 17.3 Å². The highest BCUT2D eigenvalue weighted by Gasteiger charge is 2.06. The lowest BCUT2D eigenvalue weighted by molar-refractivity contribution is 0.944. The van der Waals surface area contributed by atoms with E-state index in [-0.39, 0.29) is 0 Å². The molecule has 5 heteroatoms. The molecule has 1 heterocycles. The van der Waals surface area contributed by atoms with Crippen LogP contribution in [-0.4, -0.2) is 17.0 Å². The molecule has 0 radical (unpaired) electrons. The lowest BCUT2D eigenvalue weighted by atomic mass is 10.2. The zero-order valence-electron chi connectivity index (χ0n) is 11.3. The van der Waals surface area contributed by atoms with Crippen LogP contribution in [0.3, 0.4) is 0 Å². The molecular weight excluding hydrogens is 304 g/mol. The van der Waals surface area contributed by atoms with Gasteiger partial charge >= 0.3 is 0 Å². The Morgan fingerprint density at radius 1 is 1.21 bits per heavy atom. The average Bonchev–Trinajstić information content (AvgIpc) is 2.43. The van der Waals surface area contributed by atoms with Crippen LogP contribution in [-0.2, 0) is 6.42 Å². The molecule has 2 N–H and O–H groups in total. The second kappa shape index (κ2) is 6.02. The molecule has 0 spiro atoms. The Kier molecular flexibility index (Phi) is 4.37. The highest BCUT2D eigenvalue weighted by Crippen LogP contribution is 2.26. The largest absolute Gasteiger partial charge is 0.373 e. The number of rotatable bonds is 4. The van der Waals surface area contributed by atoms with E-state index in [0.717, 1.165) is 39.6 Å². The van der Waals surface area contributed by atoms with Gasteiger partial charge in [-0.3, -0.25) is 0 Å². The predicted molar refractivity (Wildman–Crippen MR) is 83.1 cm³/mol. The Bertz CT molecular complexity index is 561. The molecule has 0 aliphatic heterocycles. The van der Waals surface area contributed by atoms with E-state index >= 15 is 0 Å². The van der Waals surface area contributed by atoms with Gasteiger partial charge in [-0.15, -0.1) is 0 Å². The van der Waals surface area contributed by atoms with Crippen molar-refractivity contribution >= 4 is 33.3 Å². The SMILES string of the molecule is CCc1nc(NC)cc(Nc2cccc(Br)c2C)n1. The van der Waals surface area contributed by atoms with E-state index in [4.69, 9.17) is 0 Å². The average molecular weight is 321 g/mol. The minimum Gasteiger partial charge on any atom is -0.373 e. The van der Waals surface area contributed by atoms with Crippen LogP contribution in [0.5, 0.6) is 0 Å². The van der Waals surface area contributed by atoms with Gasteiger partial charge in [0.2, 0.25) is 0 Å². The predicted octanol–water partition coefficient (Wildman–Crippen LogP) is 3.90. The van der Waals surface area contributed by atoms with E-state index < -0.39 is 0 Å². The van der Waals surface area contributed by atoms with Crippen molar-refractivity contribution in [3.05, 3.63) is 40.1 Å². The third kappa shape index (κ3) is 3.23. The summed E-state index contributed by atoms with van der Waals surface area (Å²) in [7, 11) is 1.86. The minimum atomic E-state index is 0.803. The van der Waals surface area contributed by atoms with Crippen molar-refractivity contribution in [3.63, 3.8) is 0 Å². The standard InChI is InChI=1S/C14H17BrN4/c1-4-12-18-13(16-3)8-14(19-12)17-11-7-5-6-10(15)9(11)2/h5-8H,4H2,1-3H3,(H2,16,17,18,19). The number of aromatic nitrogens is 2. The highest BCUT2D eigenvalue weighted by molar-refractivity contribution is 9.10. The maximum atomic E-state index is 4.49. The van der Waals surface area contributed by atoms with Crippen LogP contribution in [0, 0.1) is 6.92 Å². The van der Waals surface area contributed by atoms with Crippen molar-refractivity contribution < 1.29 is 0 Å². The zero-order valence-corrected chi connectivity index (χ0v) is 12.9. The summed E-state index contributed by atoms with van der Waals surface area (Å²) in [6, 6.07) is 7.96. The molecule has 0 atom stereocenters. The summed E-state index contributed by atoms with van der Waals surface area (Å²) in [5.74, 6) is 2.45. The summed E-state index contributed by atoms with van der Waals surface area (Å²) < 4.78 is 1.08. The number of halogens is 1. The molecular formula is C14H17BrN4. The van der Waals surface area contributed by atoms with E-state index in [0.29, 0.717) is 0 Å². The molecule has 0 saturated heterocycles. The molecule has 0 fully saturated rings. The number of hydrogen-bond donors (Lipinski definition) is 2. The van der Waals surface area contributed by atoms with Crippen LogP contribution in [0.15, 0.2) is 28.7 Å². The summed E-state index contributed by atoms with van der Waals surface area (Å²) >= 11 is 3.53. The molecule has 0 saturated carbocycles. The minimum absolute atomic E-state index is 0.803. The molecule has 0 aliphatic carbocycles. The molecule has 100 valence electrons. The van der Waals surface area contributed by atoms with E-state index in [1.807, 2.05) is 38.2 Å². The van der Waals surface area contributed by atoms with Gasteiger partial charge in [-0.1, -0.05) is 28.9 Å². The Morgan fingerprint density at radius 2 is 1.95 bits per heavy atom. The monoisotopic (exact) mass is 320 g/mol. The van der Waals surface area contributed by atoms with Crippen molar-refractivity contribution in [3.8, 4) is 0 Å². The summed E-state index contributed by atoms with van der Waals surface area (Å²) in [5, 5.41) is 6.39. The normalized spacial score (nSPS) is 10.3. The number of nitrogens with zero attached hydrogens (tertiary/aromatic N) is 2. The molecule has 19 heavy (non-hydrogen) atoms. The highest BCUT2D eigenvalue weighted by atomic mass is 79.9. The summed E-state index contributed by atoms with van der Waals surface area (Å²) in [6.07, 6.45) is 0.807. The molecule has 4 nitrogen and oxygen atoms in total. The van der Waals surface area contributed by atoms with Gasteiger partial charge in [0.15, 0.2) is 0 Å². The third-order valence-corrected chi connectivity index (χ3v) is 3.73. The molecule has 1 aromatic carbocycles. The first kappa shape index (κ1) is 13.8. The van der Waals surface area contributed by atoms with Gasteiger partial charge in [-0.2, -0.15) is 0 Å². The number of anilines is 3. The Balaban J connectivity index is 2.34. The first-order valence-electron chi connectivity index (χ1n) is 6.22. The first-order chi connectivity index (χ1) is 9.13. The summed E-state index contributed by atoms with van der Waals surface area (Å²) in [4.78, 5) is 8.87. The maximum absolute atomic E-state index is 4.49. The number of benzene rings is 1. The fourth-order valence-corrected chi connectivity index (χ4v) is 2.09. The van der Waals surface area contributed by atoms with Gasteiger partial charge in [0.1, 0.15) is 17.5 Å². The van der Waals surface area contributed by atoms with Gasteiger partial charge in [0.05, 0.1) is 0 Å². The fraction of sp³-hybridized carbons (Fsp3) is 0.286. The van der Waals surface area contributed by atoms with E-state index in [2.05, 4.69) is 43.5 Å². The van der Waals surface area contributed by atoms with Crippen LogP contribution in [0.1, 0.15) is 18.3 Å². The van der Waals surface area contributed by atoms with Crippen molar-refractivity contribution in [2.75, 3.05) is 17.7 Å².